The summed E-state index contributed by atoms with van der Waals surface area (Å²) in [7, 11) is 0. The Bertz CT molecular complexity index is 295. The summed E-state index contributed by atoms with van der Waals surface area (Å²) in [6, 6.07) is -0.153. The fourth-order valence-corrected chi connectivity index (χ4v) is 1.58. The molecule has 2 N–H and O–H groups in total. The molecule has 0 spiro atoms. The molecule has 3 unspecified atom stereocenters. The molecule has 1 saturated carbocycles. The van der Waals surface area contributed by atoms with Gasteiger partial charge in [0.2, 0.25) is 11.8 Å². The van der Waals surface area contributed by atoms with E-state index in [0.29, 0.717) is 11.8 Å². The van der Waals surface area contributed by atoms with Gasteiger partial charge < -0.3 is 10.2 Å². The molecule has 0 radical (unpaired) electrons. The second-order valence-electron chi connectivity index (χ2n) is 3.78. The maximum Gasteiger partial charge on any atom is 0.232 e. The van der Waals surface area contributed by atoms with Crippen LogP contribution in [0.2, 0.25) is 0 Å². The van der Waals surface area contributed by atoms with Crippen molar-refractivity contribution in [1.82, 2.24) is 10.2 Å². The van der Waals surface area contributed by atoms with Gasteiger partial charge in [-0.2, -0.15) is 0 Å². The van der Waals surface area contributed by atoms with Crippen LogP contribution in [0.5, 0.6) is 0 Å². The van der Waals surface area contributed by atoms with Crippen LogP contribution < -0.4 is 5.73 Å². The van der Waals surface area contributed by atoms with Gasteiger partial charge in [-0.15, -0.1) is 10.2 Å². The molecule has 1 aliphatic carbocycles. The lowest BCUT2D eigenvalue weighted by Crippen LogP contribution is -2.04. The Morgan fingerprint density at radius 1 is 1.62 bits per heavy atom. The molecule has 0 amide bonds. The third-order valence-corrected chi connectivity index (χ3v) is 2.61. The van der Waals surface area contributed by atoms with Crippen molar-refractivity contribution >= 4 is 0 Å². The standard InChI is InChI=1S/C9H15N3O/c1-3-6-4-7(6)9-12-11-8(13-9)5(2)10/h5-7H,3-4,10H2,1-2H3. The first-order valence-electron chi connectivity index (χ1n) is 4.81. The third-order valence-electron chi connectivity index (χ3n) is 2.61. The predicted molar refractivity (Wildman–Crippen MR) is 48.0 cm³/mol. The lowest BCUT2D eigenvalue weighted by atomic mass is 10.2. The molecule has 0 aliphatic heterocycles. The molecule has 4 heteroatoms. The van der Waals surface area contributed by atoms with Crippen molar-refractivity contribution in [2.45, 2.75) is 38.6 Å². The lowest BCUT2D eigenvalue weighted by molar-refractivity contribution is 0.422. The summed E-state index contributed by atoms with van der Waals surface area (Å²) in [4.78, 5) is 0. The third kappa shape index (κ3) is 1.58. The summed E-state index contributed by atoms with van der Waals surface area (Å²) in [5.74, 6) is 2.59. The minimum atomic E-state index is -0.153. The molecular formula is C9H15N3O. The Kier molecular flexibility index (Phi) is 2.07. The highest BCUT2D eigenvalue weighted by Crippen LogP contribution is 2.48. The Hall–Kier alpha value is -0.900. The van der Waals surface area contributed by atoms with Crippen molar-refractivity contribution in [2.75, 3.05) is 0 Å². The number of aromatic nitrogens is 2. The molecule has 72 valence electrons. The first-order valence-corrected chi connectivity index (χ1v) is 4.81. The van der Waals surface area contributed by atoms with E-state index in [2.05, 4.69) is 17.1 Å². The van der Waals surface area contributed by atoms with Crippen LogP contribution in [-0.2, 0) is 0 Å². The fraction of sp³-hybridized carbons (Fsp3) is 0.778. The number of nitrogens with two attached hydrogens (primary N) is 1. The van der Waals surface area contributed by atoms with Gasteiger partial charge in [0.25, 0.3) is 0 Å². The zero-order chi connectivity index (χ0) is 9.42. The van der Waals surface area contributed by atoms with Gasteiger partial charge >= 0.3 is 0 Å². The molecule has 13 heavy (non-hydrogen) atoms. The highest BCUT2D eigenvalue weighted by Gasteiger charge is 2.40. The van der Waals surface area contributed by atoms with E-state index in [4.69, 9.17) is 10.2 Å². The Labute approximate surface area is 77.5 Å². The topological polar surface area (TPSA) is 64.9 Å². The molecule has 1 aromatic heterocycles. The van der Waals surface area contributed by atoms with E-state index in [9.17, 15) is 0 Å². The summed E-state index contributed by atoms with van der Waals surface area (Å²) in [5, 5.41) is 7.90. The van der Waals surface area contributed by atoms with Crippen molar-refractivity contribution in [3.05, 3.63) is 11.8 Å². The maximum atomic E-state index is 5.62. The Balaban J connectivity index is 2.07. The molecule has 1 aliphatic rings. The van der Waals surface area contributed by atoms with Crippen molar-refractivity contribution in [2.24, 2.45) is 11.7 Å². The fourth-order valence-electron chi connectivity index (χ4n) is 1.58. The largest absolute Gasteiger partial charge is 0.423 e. The van der Waals surface area contributed by atoms with Crippen LogP contribution in [0.15, 0.2) is 4.42 Å². The number of hydrogen-bond donors (Lipinski definition) is 1. The molecule has 0 bridgehead atoms. The molecule has 4 nitrogen and oxygen atoms in total. The van der Waals surface area contributed by atoms with E-state index in [1.54, 1.807) is 0 Å². The lowest BCUT2D eigenvalue weighted by Gasteiger charge is -1.94. The van der Waals surface area contributed by atoms with Crippen LogP contribution in [-0.4, -0.2) is 10.2 Å². The second kappa shape index (κ2) is 3.10. The van der Waals surface area contributed by atoms with Crippen LogP contribution in [0.4, 0.5) is 0 Å². The van der Waals surface area contributed by atoms with E-state index in [0.717, 1.165) is 11.8 Å². The van der Waals surface area contributed by atoms with Crippen LogP contribution in [0, 0.1) is 5.92 Å². The summed E-state index contributed by atoms with van der Waals surface area (Å²) in [6.45, 7) is 4.04. The molecule has 1 fully saturated rings. The Morgan fingerprint density at radius 2 is 2.38 bits per heavy atom. The molecule has 1 aromatic rings. The van der Waals surface area contributed by atoms with Gasteiger partial charge in [-0.1, -0.05) is 13.3 Å². The zero-order valence-corrected chi connectivity index (χ0v) is 8.03. The Morgan fingerprint density at radius 3 is 2.85 bits per heavy atom. The molecule has 0 saturated heterocycles. The van der Waals surface area contributed by atoms with Gasteiger partial charge in [0.15, 0.2) is 0 Å². The minimum absolute atomic E-state index is 0.153. The predicted octanol–water partition coefficient (Wildman–Crippen LogP) is 1.60. The molecule has 2 rings (SSSR count). The minimum Gasteiger partial charge on any atom is -0.423 e. The molecule has 3 atom stereocenters. The van der Waals surface area contributed by atoms with E-state index in [-0.39, 0.29) is 6.04 Å². The van der Waals surface area contributed by atoms with Crippen molar-refractivity contribution < 1.29 is 4.42 Å². The van der Waals surface area contributed by atoms with Crippen LogP contribution in [0.3, 0.4) is 0 Å². The highest BCUT2D eigenvalue weighted by atomic mass is 16.4. The average molecular weight is 181 g/mol. The van der Waals surface area contributed by atoms with Gasteiger partial charge in [0, 0.05) is 5.92 Å². The molecular weight excluding hydrogens is 166 g/mol. The number of hydrogen-bond acceptors (Lipinski definition) is 4. The van der Waals surface area contributed by atoms with E-state index in [1.807, 2.05) is 6.92 Å². The first-order chi connectivity index (χ1) is 6.22. The smallest absolute Gasteiger partial charge is 0.232 e. The number of rotatable bonds is 3. The first kappa shape index (κ1) is 8.69. The van der Waals surface area contributed by atoms with E-state index < -0.39 is 0 Å². The van der Waals surface area contributed by atoms with Crippen molar-refractivity contribution in [1.29, 1.82) is 0 Å². The summed E-state index contributed by atoms with van der Waals surface area (Å²) in [5.41, 5.74) is 5.62. The molecule has 1 heterocycles. The van der Waals surface area contributed by atoms with Gasteiger partial charge in [-0.3, -0.25) is 0 Å². The van der Waals surface area contributed by atoms with E-state index in [1.165, 1.54) is 12.8 Å². The van der Waals surface area contributed by atoms with Gasteiger partial charge in [0.1, 0.15) is 0 Å². The summed E-state index contributed by atoms with van der Waals surface area (Å²) in [6.07, 6.45) is 2.39. The van der Waals surface area contributed by atoms with Crippen molar-refractivity contribution in [3.8, 4) is 0 Å². The summed E-state index contributed by atoms with van der Waals surface area (Å²) < 4.78 is 5.45. The summed E-state index contributed by atoms with van der Waals surface area (Å²) >= 11 is 0. The quantitative estimate of drug-likeness (QED) is 0.769. The normalized spacial score (nSPS) is 28.8. The molecule has 0 aromatic carbocycles. The van der Waals surface area contributed by atoms with Crippen LogP contribution >= 0.6 is 0 Å². The monoisotopic (exact) mass is 181 g/mol. The average Bonchev–Trinajstić information content (AvgIpc) is 2.73. The van der Waals surface area contributed by atoms with Gasteiger partial charge in [-0.05, 0) is 19.3 Å². The van der Waals surface area contributed by atoms with Crippen LogP contribution in [0.25, 0.3) is 0 Å². The van der Waals surface area contributed by atoms with Crippen LogP contribution in [0.1, 0.15) is 50.4 Å². The van der Waals surface area contributed by atoms with Gasteiger partial charge in [0.05, 0.1) is 6.04 Å². The SMILES string of the molecule is CCC1CC1c1nnc(C(C)N)o1. The second-order valence-corrected chi connectivity index (χ2v) is 3.78. The van der Waals surface area contributed by atoms with Gasteiger partial charge in [-0.25, -0.2) is 0 Å². The zero-order valence-electron chi connectivity index (χ0n) is 8.03. The number of nitrogens with zero attached hydrogens (tertiary/aromatic N) is 2. The van der Waals surface area contributed by atoms with Crippen molar-refractivity contribution in [3.63, 3.8) is 0 Å². The maximum absolute atomic E-state index is 5.62. The van der Waals surface area contributed by atoms with E-state index >= 15 is 0 Å². The highest BCUT2D eigenvalue weighted by molar-refractivity contribution is 5.06.